The molecule has 2 aromatic rings. The van der Waals surface area contributed by atoms with Crippen molar-refractivity contribution in [1.29, 1.82) is 0 Å². The normalized spacial score (nSPS) is 16.0. The first-order valence-electron chi connectivity index (χ1n) is 9.86. The predicted molar refractivity (Wildman–Crippen MR) is 102 cm³/mol. The van der Waals surface area contributed by atoms with Crippen LogP contribution in [0.3, 0.4) is 0 Å². The van der Waals surface area contributed by atoms with E-state index in [0.717, 1.165) is 25.1 Å². The molecule has 1 saturated heterocycles. The van der Waals surface area contributed by atoms with Gasteiger partial charge in [0.15, 0.2) is 0 Å². The van der Waals surface area contributed by atoms with Crippen molar-refractivity contribution in [1.82, 2.24) is 19.9 Å². The van der Waals surface area contributed by atoms with E-state index < -0.39 is 11.7 Å². The van der Waals surface area contributed by atoms with Crippen molar-refractivity contribution < 1.29 is 27.2 Å². The van der Waals surface area contributed by atoms with E-state index in [1.165, 1.54) is 12.1 Å². The number of nitrogens with zero attached hydrogens (tertiary/aromatic N) is 4. The lowest BCUT2D eigenvalue weighted by Gasteiger charge is -2.21. The Balaban J connectivity index is 1.58. The monoisotopic (exact) mass is 426 g/mol. The van der Waals surface area contributed by atoms with Crippen LogP contribution in [0.1, 0.15) is 31.7 Å². The van der Waals surface area contributed by atoms with Gasteiger partial charge in [-0.25, -0.2) is 4.79 Å². The van der Waals surface area contributed by atoms with Gasteiger partial charge in [-0.2, -0.15) is 18.2 Å². The van der Waals surface area contributed by atoms with Crippen molar-refractivity contribution in [3.8, 4) is 11.4 Å². The lowest BCUT2D eigenvalue weighted by atomic mass is 10.1. The highest BCUT2D eigenvalue weighted by atomic mass is 19.4. The lowest BCUT2D eigenvalue weighted by molar-refractivity contribution is -0.137. The number of halogens is 3. The summed E-state index contributed by atoms with van der Waals surface area (Å²) in [4.78, 5) is 20.1. The molecule has 0 radical (unpaired) electrons. The van der Waals surface area contributed by atoms with Crippen molar-refractivity contribution in [3.05, 3.63) is 35.7 Å². The fourth-order valence-electron chi connectivity index (χ4n) is 3.10. The number of rotatable bonds is 5. The average molecular weight is 426 g/mol. The Labute approximate surface area is 172 Å². The number of hydrogen-bond acceptors (Lipinski definition) is 6. The topological polar surface area (TPSA) is 71.7 Å². The van der Waals surface area contributed by atoms with E-state index in [4.69, 9.17) is 9.26 Å². The zero-order valence-corrected chi connectivity index (χ0v) is 17.0. The van der Waals surface area contributed by atoms with Crippen molar-refractivity contribution in [2.45, 2.75) is 33.0 Å². The Morgan fingerprint density at radius 3 is 2.77 bits per heavy atom. The maximum absolute atomic E-state index is 12.9. The molecule has 0 spiro atoms. The third-order valence-electron chi connectivity index (χ3n) is 4.66. The van der Waals surface area contributed by atoms with E-state index >= 15 is 0 Å². The van der Waals surface area contributed by atoms with Crippen LogP contribution in [0.25, 0.3) is 11.4 Å². The largest absolute Gasteiger partial charge is 0.449 e. The molecule has 0 unspecified atom stereocenters. The van der Waals surface area contributed by atoms with Crippen molar-refractivity contribution in [2.24, 2.45) is 5.92 Å². The molecule has 1 aliphatic heterocycles. The molecule has 10 heteroatoms. The highest BCUT2D eigenvalue weighted by Crippen LogP contribution is 2.31. The second-order valence-corrected chi connectivity index (χ2v) is 7.68. The van der Waals surface area contributed by atoms with Gasteiger partial charge < -0.3 is 14.2 Å². The zero-order valence-electron chi connectivity index (χ0n) is 17.0. The number of carbonyl (C=O) groups excluding carboxylic acids is 1. The second kappa shape index (κ2) is 9.46. The van der Waals surface area contributed by atoms with Crippen LogP contribution >= 0.6 is 0 Å². The number of alkyl halides is 3. The first-order valence-corrected chi connectivity index (χ1v) is 9.86. The third kappa shape index (κ3) is 5.94. The summed E-state index contributed by atoms with van der Waals surface area (Å²) in [6, 6.07) is 4.83. The lowest BCUT2D eigenvalue weighted by Crippen LogP contribution is -2.36. The van der Waals surface area contributed by atoms with Gasteiger partial charge in [0.2, 0.25) is 11.7 Å². The van der Waals surface area contributed by atoms with Crippen LogP contribution in [-0.4, -0.2) is 58.8 Å². The SMILES string of the molecule is CC(C)COC(=O)N1CCCN(Cc2nc(-c3cccc(C(F)(F)F)c3)no2)CC1. The van der Waals surface area contributed by atoms with Crippen LogP contribution in [0.2, 0.25) is 0 Å². The van der Waals surface area contributed by atoms with Gasteiger partial charge in [-0.15, -0.1) is 0 Å². The molecule has 0 atom stereocenters. The molecule has 0 saturated carbocycles. The molecule has 0 aliphatic carbocycles. The molecule has 1 aromatic carbocycles. The van der Waals surface area contributed by atoms with Crippen molar-refractivity contribution in [2.75, 3.05) is 32.8 Å². The first kappa shape index (κ1) is 22.1. The van der Waals surface area contributed by atoms with Gasteiger partial charge in [0, 0.05) is 31.7 Å². The van der Waals surface area contributed by atoms with Crippen LogP contribution in [0.5, 0.6) is 0 Å². The van der Waals surface area contributed by atoms with E-state index in [1.54, 1.807) is 4.90 Å². The molecule has 0 N–H and O–H groups in total. The van der Waals surface area contributed by atoms with Gasteiger partial charge in [0.05, 0.1) is 18.7 Å². The van der Waals surface area contributed by atoms with Gasteiger partial charge in [-0.05, 0) is 24.5 Å². The Kier molecular flexibility index (Phi) is 6.96. The Hall–Kier alpha value is -2.62. The van der Waals surface area contributed by atoms with E-state index in [-0.39, 0.29) is 23.4 Å². The van der Waals surface area contributed by atoms with Crippen LogP contribution in [0, 0.1) is 5.92 Å². The van der Waals surface area contributed by atoms with Crippen molar-refractivity contribution in [3.63, 3.8) is 0 Å². The highest BCUT2D eigenvalue weighted by Gasteiger charge is 2.31. The number of amides is 1. The summed E-state index contributed by atoms with van der Waals surface area (Å²) in [5.74, 6) is 0.712. The molecule has 164 valence electrons. The van der Waals surface area contributed by atoms with Gasteiger partial charge in [-0.3, -0.25) is 4.90 Å². The maximum Gasteiger partial charge on any atom is 0.416 e. The summed E-state index contributed by atoms with van der Waals surface area (Å²) in [7, 11) is 0. The Bertz CT molecular complexity index is 854. The number of benzene rings is 1. The molecular weight excluding hydrogens is 401 g/mol. The molecule has 1 aliphatic rings. The van der Waals surface area contributed by atoms with Crippen molar-refractivity contribution >= 4 is 6.09 Å². The highest BCUT2D eigenvalue weighted by molar-refractivity contribution is 5.67. The van der Waals surface area contributed by atoms with Crippen LogP contribution < -0.4 is 0 Å². The number of aromatic nitrogens is 2. The molecule has 2 heterocycles. The molecule has 30 heavy (non-hydrogen) atoms. The fraction of sp³-hybridized carbons (Fsp3) is 0.550. The molecule has 0 bridgehead atoms. The minimum atomic E-state index is -4.43. The number of hydrogen-bond donors (Lipinski definition) is 0. The van der Waals surface area contributed by atoms with E-state index in [2.05, 4.69) is 15.0 Å². The Morgan fingerprint density at radius 1 is 1.23 bits per heavy atom. The minimum Gasteiger partial charge on any atom is -0.449 e. The average Bonchev–Trinajstić information content (AvgIpc) is 3.03. The van der Waals surface area contributed by atoms with E-state index in [1.807, 2.05) is 13.8 Å². The molecular formula is C20H25F3N4O3. The molecule has 1 amide bonds. The van der Waals surface area contributed by atoms with Gasteiger partial charge >= 0.3 is 12.3 Å². The maximum atomic E-state index is 12.9. The summed E-state index contributed by atoms with van der Waals surface area (Å²) in [5.41, 5.74) is -0.516. The molecule has 1 aromatic heterocycles. The second-order valence-electron chi connectivity index (χ2n) is 7.68. The minimum absolute atomic E-state index is 0.116. The molecule has 1 fully saturated rings. The van der Waals surface area contributed by atoms with Crippen LogP contribution in [-0.2, 0) is 17.5 Å². The van der Waals surface area contributed by atoms with Gasteiger partial charge in [-0.1, -0.05) is 31.1 Å². The van der Waals surface area contributed by atoms with E-state index in [0.29, 0.717) is 38.7 Å². The Morgan fingerprint density at radius 2 is 2.03 bits per heavy atom. The van der Waals surface area contributed by atoms with Crippen LogP contribution in [0.4, 0.5) is 18.0 Å². The fourth-order valence-corrected chi connectivity index (χ4v) is 3.10. The molecule has 3 rings (SSSR count). The first-order chi connectivity index (χ1) is 14.2. The smallest absolute Gasteiger partial charge is 0.416 e. The quantitative estimate of drug-likeness (QED) is 0.718. The van der Waals surface area contributed by atoms with Gasteiger partial charge in [0.25, 0.3) is 0 Å². The summed E-state index contributed by atoms with van der Waals surface area (Å²) < 4.78 is 49.2. The standard InChI is InChI=1S/C20H25F3N4O3/c1-14(2)13-29-19(28)27-8-4-7-26(9-10-27)12-17-24-18(25-30-17)15-5-3-6-16(11-15)20(21,22)23/h3,5-6,11,14H,4,7-10,12-13H2,1-2H3. The van der Waals surface area contributed by atoms with E-state index in [9.17, 15) is 18.0 Å². The number of ether oxygens (including phenoxy) is 1. The van der Waals surface area contributed by atoms with Crippen LogP contribution in [0.15, 0.2) is 28.8 Å². The zero-order chi connectivity index (χ0) is 21.7. The number of carbonyl (C=O) groups is 1. The third-order valence-corrected chi connectivity index (χ3v) is 4.66. The summed E-state index contributed by atoms with van der Waals surface area (Å²) >= 11 is 0. The van der Waals surface area contributed by atoms with Gasteiger partial charge in [0.1, 0.15) is 0 Å². The summed E-state index contributed by atoms with van der Waals surface area (Å²) in [6.45, 7) is 7.18. The summed E-state index contributed by atoms with van der Waals surface area (Å²) in [6.07, 6.45) is -3.97. The predicted octanol–water partition coefficient (Wildman–Crippen LogP) is 4.06. The summed E-state index contributed by atoms with van der Waals surface area (Å²) in [5, 5.41) is 3.82. The molecule has 7 nitrogen and oxygen atoms in total.